The fourth-order valence-electron chi connectivity index (χ4n) is 2.07. The average Bonchev–Trinajstić information content (AvgIpc) is 2.39. The molecule has 1 aromatic carbocycles. The van der Waals surface area contributed by atoms with Gasteiger partial charge in [-0.1, -0.05) is 30.4 Å². The number of carbonyl (C=O) groups is 2. The lowest BCUT2D eigenvalue weighted by Crippen LogP contribution is -2.43. The van der Waals surface area contributed by atoms with E-state index in [-0.39, 0.29) is 19.0 Å². The Morgan fingerprint density at radius 1 is 1.29 bits per heavy atom. The van der Waals surface area contributed by atoms with Crippen molar-refractivity contribution < 1.29 is 14.7 Å². The standard InChI is InChI=1S/C16H22N2O3/c1-12(2)11-17(4)16(21)18(10-9-15(19)20)14-8-6-5-7-13(14)3/h5-8H,1,9-11H2,2-4H3,(H,19,20). The van der Waals surface area contributed by atoms with Crippen LogP contribution in [0.15, 0.2) is 36.4 Å². The Hall–Kier alpha value is -2.30. The quantitative estimate of drug-likeness (QED) is 0.819. The van der Waals surface area contributed by atoms with E-state index in [1.807, 2.05) is 38.1 Å². The molecule has 0 saturated heterocycles. The summed E-state index contributed by atoms with van der Waals surface area (Å²) in [5, 5.41) is 8.88. The Morgan fingerprint density at radius 2 is 1.90 bits per heavy atom. The van der Waals surface area contributed by atoms with Crippen LogP contribution in [0.1, 0.15) is 18.9 Å². The maximum absolute atomic E-state index is 12.6. The lowest BCUT2D eigenvalue weighted by molar-refractivity contribution is -0.136. The van der Waals surface area contributed by atoms with E-state index in [1.54, 1.807) is 7.05 Å². The first-order chi connectivity index (χ1) is 9.82. The first-order valence-corrected chi connectivity index (χ1v) is 6.77. The molecule has 0 radical (unpaired) electrons. The summed E-state index contributed by atoms with van der Waals surface area (Å²) >= 11 is 0. The molecule has 5 nitrogen and oxygen atoms in total. The number of carbonyl (C=O) groups excluding carboxylic acids is 1. The minimum absolute atomic E-state index is 0.0962. The summed E-state index contributed by atoms with van der Waals surface area (Å²) in [7, 11) is 1.68. The SMILES string of the molecule is C=C(C)CN(C)C(=O)N(CCC(=O)O)c1ccccc1C. The summed E-state index contributed by atoms with van der Waals surface area (Å²) in [5.41, 5.74) is 2.53. The zero-order valence-corrected chi connectivity index (χ0v) is 12.8. The monoisotopic (exact) mass is 290 g/mol. The lowest BCUT2D eigenvalue weighted by Gasteiger charge is -2.29. The van der Waals surface area contributed by atoms with E-state index in [1.165, 1.54) is 9.80 Å². The van der Waals surface area contributed by atoms with Crippen LogP contribution in [0, 0.1) is 6.92 Å². The number of aliphatic carboxylic acids is 1. The van der Waals surface area contributed by atoms with Crippen molar-refractivity contribution >= 4 is 17.7 Å². The fraction of sp³-hybridized carbons (Fsp3) is 0.375. The molecule has 21 heavy (non-hydrogen) atoms. The second-order valence-electron chi connectivity index (χ2n) is 5.18. The van der Waals surface area contributed by atoms with Crippen LogP contribution in [0.2, 0.25) is 0 Å². The molecule has 0 fully saturated rings. The van der Waals surface area contributed by atoms with Crippen LogP contribution in [0.25, 0.3) is 0 Å². The van der Waals surface area contributed by atoms with E-state index in [0.29, 0.717) is 6.54 Å². The first-order valence-electron chi connectivity index (χ1n) is 6.77. The molecular weight excluding hydrogens is 268 g/mol. The van der Waals surface area contributed by atoms with Crippen LogP contribution >= 0.6 is 0 Å². The number of rotatable bonds is 6. The predicted molar refractivity (Wildman–Crippen MR) is 83.6 cm³/mol. The Labute approximate surface area is 125 Å². The van der Waals surface area contributed by atoms with Crippen molar-refractivity contribution in [1.29, 1.82) is 0 Å². The van der Waals surface area contributed by atoms with Gasteiger partial charge in [-0.05, 0) is 25.5 Å². The molecule has 114 valence electrons. The maximum Gasteiger partial charge on any atom is 0.324 e. The molecular formula is C16H22N2O3. The van der Waals surface area contributed by atoms with Crippen LogP contribution in [0.3, 0.4) is 0 Å². The van der Waals surface area contributed by atoms with E-state index in [4.69, 9.17) is 5.11 Å². The number of benzene rings is 1. The highest BCUT2D eigenvalue weighted by atomic mass is 16.4. The number of anilines is 1. The molecule has 2 amide bonds. The smallest absolute Gasteiger partial charge is 0.324 e. The number of urea groups is 1. The van der Waals surface area contributed by atoms with Gasteiger partial charge in [0.1, 0.15) is 0 Å². The van der Waals surface area contributed by atoms with Gasteiger partial charge in [-0.25, -0.2) is 4.79 Å². The Balaban J connectivity index is 3.02. The van der Waals surface area contributed by atoms with Gasteiger partial charge in [0.2, 0.25) is 0 Å². The highest BCUT2D eigenvalue weighted by Gasteiger charge is 2.21. The predicted octanol–water partition coefficient (Wildman–Crippen LogP) is 2.90. The third-order valence-electron chi connectivity index (χ3n) is 3.02. The van der Waals surface area contributed by atoms with Crippen molar-refractivity contribution in [3.05, 3.63) is 42.0 Å². The highest BCUT2D eigenvalue weighted by Crippen LogP contribution is 2.21. The summed E-state index contributed by atoms with van der Waals surface area (Å²) in [4.78, 5) is 26.4. The summed E-state index contributed by atoms with van der Waals surface area (Å²) in [5.74, 6) is -0.927. The third kappa shape index (κ3) is 4.95. The molecule has 5 heteroatoms. The van der Waals surface area contributed by atoms with E-state index in [9.17, 15) is 9.59 Å². The third-order valence-corrected chi connectivity index (χ3v) is 3.02. The van der Waals surface area contributed by atoms with Crippen molar-refractivity contribution in [1.82, 2.24) is 4.90 Å². The van der Waals surface area contributed by atoms with Gasteiger partial charge in [-0.2, -0.15) is 0 Å². The Morgan fingerprint density at radius 3 is 2.43 bits per heavy atom. The van der Waals surface area contributed by atoms with Crippen LogP contribution in [-0.2, 0) is 4.79 Å². The van der Waals surface area contributed by atoms with Crippen molar-refractivity contribution in [2.45, 2.75) is 20.3 Å². The number of likely N-dealkylation sites (N-methyl/N-ethyl adjacent to an activating group) is 1. The molecule has 0 spiro atoms. The van der Waals surface area contributed by atoms with E-state index in [0.717, 1.165) is 16.8 Å². The molecule has 0 aliphatic carbocycles. The fourth-order valence-corrected chi connectivity index (χ4v) is 2.07. The van der Waals surface area contributed by atoms with Gasteiger partial charge in [0.25, 0.3) is 0 Å². The second-order valence-corrected chi connectivity index (χ2v) is 5.18. The van der Waals surface area contributed by atoms with Crippen LogP contribution in [-0.4, -0.2) is 42.1 Å². The van der Waals surface area contributed by atoms with Crippen molar-refractivity contribution in [3.63, 3.8) is 0 Å². The molecule has 0 bridgehead atoms. The van der Waals surface area contributed by atoms with Crippen molar-refractivity contribution in [2.75, 3.05) is 25.0 Å². The van der Waals surface area contributed by atoms with Gasteiger partial charge < -0.3 is 10.0 Å². The minimum Gasteiger partial charge on any atom is -0.481 e. The number of nitrogens with zero attached hydrogens (tertiary/aromatic N) is 2. The largest absolute Gasteiger partial charge is 0.481 e. The van der Waals surface area contributed by atoms with E-state index >= 15 is 0 Å². The van der Waals surface area contributed by atoms with Gasteiger partial charge in [0.15, 0.2) is 0 Å². The number of aryl methyl sites for hydroxylation is 1. The number of amides is 2. The van der Waals surface area contributed by atoms with Gasteiger partial charge in [-0.15, -0.1) is 0 Å². The van der Waals surface area contributed by atoms with E-state index in [2.05, 4.69) is 6.58 Å². The molecule has 0 unspecified atom stereocenters. The topological polar surface area (TPSA) is 60.9 Å². The number of hydrogen-bond donors (Lipinski definition) is 1. The summed E-state index contributed by atoms with van der Waals surface area (Å²) in [6.45, 7) is 8.12. The van der Waals surface area contributed by atoms with Crippen molar-refractivity contribution in [2.24, 2.45) is 0 Å². The molecule has 0 heterocycles. The number of carboxylic acids is 1. The number of hydrogen-bond acceptors (Lipinski definition) is 2. The number of carboxylic acid groups (broad SMARTS) is 1. The van der Waals surface area contributed by atoms with E-state index < -0.39 is 5.97 Å². The van der Waals surface area contributed by atoms with Gasteiger partial charge in [0.05, 0.1) is 6.42 Å². The molecule has 1 N–H and O–H groups in total. The summed E-state index contributed by atoms with van der Waals surface area (Å²) < 4.78 is 0. The maximum atomic E-state index is 12.6. The van der Waals surface area contributed by atoms with Gasteiger partial charge >= 0.3 is 12.0 Å². The van der Waals surface area contributed by atoms with Crippen LogP contribution in [0.4, 0.5) is 10.5 Å². The average molecular weight is 290 g/mol. The highest BCUT2D eigenvalue weighted by molar-refractivity contribution is 5.93. The first kappa shape index (κ1) is 16.8. The lowest BCUT2D eigenvalue weighted by atomic mass is 10.2. The number of para-hydroxylation sites is 1. The zero-order chi connectivity index (χ0) is 16.0. The molecule has 0 aliphatic rings. The van der Waals surface area contributed by atoms with Gasteiger partial charge in [0, 0.05) is 25.8 Å². The minimum atomic E-state index is -0.927. The molecule has 0 atom stereocenters. The zero-order valence-electron chi connectivity index (χ0n) is 12.8. The van der Waals surface area contributed by atoms with Gasteiger partial charge in [-0.3, -0.25) is 9.69 Å². The Bertz CT molecular complexity index is 540. The molecule has 1 aromatic rings. The van der Waals surface area contributed by atoms with Crippen LogP contribution < -0.4 is 4.90 Å². The molecule has 0 aliphatic heterocycles. The normalized spacial score (nSPS) is 10.0. The summed E-state index contributed by atoms with van der Waals surface area (Å²) in [6.07, 6.45) is -0.0962. The Kier molecular flexibility index (Phi) is 5.96. The molecule has 1 rings (SSSR count). The molecule has 0 aromatic heterocycles. The molecule has 0 saturated carbocycles. The van der Waals surface area contributed by atoms with Crippen molar-refractivity contribution in [3.8, 4) is 0 Å². The second kappa shape index (κ2) is 7.47. The van der Waals surface area contributed by atoms with Crippen LogP contribution in [0.5, 0.6) is 0 Å². The summed E-state index contributed by atoms with van der Waals surface area (Å²) in [6, 6.07) is 7.21.